The average molecular weight is 339 g/mol. The first-order valence-corrected chi connectivity index (χ1v) is 9.82. The Hall–Kier alpha value is -1.11. The Bertz CT molecular complexity index is 650. The zero-order chi connectivity index (χ0) is 16.2. The van der Waals surface area contributed by atoms with E-state index < -0.39 is 10.0 Å². The number of piperidine rings is 1. The number of hydrogen-bond acceptors (Lipinski definition) is 4. The summed E-state index contributed by atoms with van der Waals surface area (Å²) < 4.78 is 26.8. The molecule has 1 aromatic rings. The summed E-state index contributed by atoms with van der Waals surface area (Å²) in [5, 5.41) is 1.89. The molecule has 0 N–H and O–H groups in total. The van der Waals surface area contributed by atoms with Crippen molar-refractivity contribution in [1.82, 2.24) is 4.31 Å². The summed E-state index contributed by atoms with van der Waals surface area (Å²) in [6.45, 7) is 4.45. The van der Waals surface area contributed by atoms with Gasteiger partial charge >= 0.3 is 0 Å². The van der Waals surface area contributed by atoms with Gasteiger partial charge in [0.25, 0.3) is 0 Å². The number of Topliss-reactive ketones (excluding diaryl/α,β-unsaturated/α-hetero) is 1. The molecule has 0 saturated carbocycles. The monoisotopic (exact) mass is 339 g/mol. The van der Waals surface area contributed by atoms with Crippen molar-refractivity contribution < 1.29 is 13.2 Å². The molecule has 0 spiro atoms. The lowest BCUT2D eigenvalue weighted by molar-refractivity contribution is -0.123. The molecule has 0 amide bonds. The van der Waals surface area contributed by atoms with E-state index >= 15 is 0 Å². The van der Waals surface area contributed by atoms with E-state index in [2.05, 4.69) is 0 Å². The van der Waals surface area contributed by atoms with Gasteiger partial charge in [0.05, 0.1) is 10.8 Å². The van der Waals surface area contributed by atoms with E-state index in [0.29, 0.717) is 0 Å². The van der Waals surface area contributed by atoms with Crippen molar-refractivity contribution in [1.29, 1.82) is 0 Å². The molecule has 0 bridgehead atoms. The molecule has 6 heteroatoms. The second-order valence-electron chi connectivity index (χ2n) is 5.28. The molecule has 1 aromatic carbocycles. The van der Waals surface area contributed by atoms with Crippen molar-refractivity contribution >= 4 is 27.6 Å². The Morgan fingerprint density at radius 2 is 2.00 bits per heavy atom. The maximum atomic E-state index is 12.7. The number of carbonyl (C=O) groups excluding carboxylic acids is 1. The fraction of sp³-hybridized carbons (Fsp3) is 0.438. The molecule has 2 rings (SSSR count). The van der Waals surface area contributed by atoms with E-state index in [9.17, 15) is 13.2 Å². The lowest BCUT2D eigenvalue weighted by Crippen LogP contribution is -2.43. The predicted molar refractivity (Wildman–Crippen MR) is 90.3 cm³/mol. The van der Waals surface area contributed by atoms with Crippen molar-refractivity contribution in [3.05, 3.63) is 41.3 Å². The fourth-order valence-electron chi connectivity index (χ4n) is 2.33. The number of ketones is 1. The number of rotatable bonds is 5. The quantitative estimate of drug-likeness (QED) is 0.828. The summed E-state index contributed by atoms with van der Waals surface area (Å²) in [6, 6.07) is 6.83. The number of thioether (sulfide) groups is 1. The Balaban J connectivity index is 2.17. The third kappa shape index (κ3) is 4.00. The highest BCUT2D eigenvalue weighted by Gasteiger charge is 2.33. The highest BCUT2D eigenvalue weighted by molar-refractivity contribution is 8.02. The molecule has 120 valence electrons. The topological polar surface area (TPSA) is 54.5 Å². The van der Waals surface area contributed by atoms with E-state index in [0.717, 1.165) is 11.3 Å². The largest absolute Gasteiger partial charge is 0.299 e. The van der Waals surface area contributed by atoms with Crippen LogP contribution in [0.3, 0.4) is 0 Å². The van der Waals surface area contributed by atoms with Gasteiger partial charge in [0.2, 0.25) is 10.0 Å². The number of benzene rings is 1. The van der Waals surface area contributed by atoms with Crippen molar-refractivity contribution in [2.75, 3.05) is 18.8 Å². The number of hydrogen-bond donors (Lipinski definition) is 0. The van der Waals surface area contributed by atoms with Crippen LogP contribution in [0.1, 0.15) is 18.9 Å². The standard InChI is InChI=1S/C16H21NO3S2/c1-3-21-11-9-14-12-17(10-8-16(14)18)22(19,20)15-6-4-13(2)5-7-15/h4-7,9,11,14H,3,8,10,12H2,1-2H3/b11-9+. The normalized spacial score (nSPS) is 20.6. The van der Waals surface area contributed by atoms with Crippen LogP contribution in [0.2, 0.25) is 0 Å². The third-order valence-corrected chi connectivity index (χ3v) is 6.22. The van der Waals surface area contributed by atoms with Crippen molar-refractivity contribution in [2.45, 2.75) is 25.2 Å². The number of aryl methyl sites for hydroxylation is 1. The van der Waals surface area contributed by atoms with Gasteiger partial charge in [-0.25, -0.2) is 8.42 Å². The average Bonchev–Trinajstić information content (AvgIpc) is 2.49. The first kappa shape index (κ1) is 17.2. The highest BCUT2D eigenvalue weighted by atomic mass is 32.2. The number of nitrogens with zero attached hydrogens (tertiary/aromatic N) is 1. The SMILES string of the molecule is CCS/C=C/C1CN(S(=O)(=O)c2ccc(C)cc2)CCC1=O. The van der Waals surface area contributed by atoms with E-state index in [-0.39, 0.29) is 36.1 Å². The summed E-state index contributed by atoms with van der Waals surface area (Å²) in [4.78, 5) is 12.3. The minimum atomic E-state index is -3.53. The van der Waals surface area contributed by atoms with Gasteiger partial charge in [-0.15, -0.1) is 11.8 Å². The van der Waals surface area contributed by atoms with Crippen molar-refractivity contribution in [2.24, 2.45) is 5.92 Å². The lowest BCUT2D eigenvalue weighted by atomic mass is 9.98. The van der Waals surface area contributed by atoms with E-state index in [1.54, 1.807) is 36.0 Å². The minimum absolute atomic E-state index is 0.114. The summed E-state index contributed by atoms with van der Waals surface area (Å²) in [5.41, 5.74) is 1.02. The predicted octanol–water partition coefficient (Wildman–Crippen LogP) is 2.84. The smallest absolute Gasteiger partial charge is 0.243 e. The zero-order valence-electron chi connectivity index (χ0n) is 12.9. The van der Waals surface area contributed by atoms with Gasteiger partial charge in [0, 0.05) is 19.5 Å². The van der Waals surface area contributed by atoms with E-state index in [1.807, 2.05) is 25.3 Å². The number of sulfonamides is 1. The number of carbonyl (C=O) groups is 1. The molecule has 1 aliphatic rings. The van der Waals surface area contributed by atoms with Crippen LogP contribution in [-0.2, 0) is 14.8 Å². The summed E-state index contributed by atoms with van der Waals surface area (Å²) in [7, 11) is -3.53. The molecule has 0 radical (unpaired) electrons. The van der Waals surface area contributed by atoms with Gasteiger partial charge in [0.15, 0.2) is 0 Å². The van der Waals surface area contributed by atoms with Crippen LogP contribution >= 0.6 is 11.8 Å². The second kappa shape index (κ2) is 7.44. The van der Waals surface area contributed by atoms with Gasteiger partial charge < -0.3 is 0 Å². The molecule has 1 aliphatic heterocycles. The summed E-state index contributed by atoms with van der Waals surface area (Å²) in [6.07, 6.45) is 2.10. The Labute approximate surface area is 136 Å². The van der Waals surface area contributed by atoms with Crippen LogP contribution < -0.4 is 0 Å². The van der Waals surface area contributed by atoms with Gasteiger partial charge in [-0.1, -0.05) is 30.7 Å². The van der Waals surface area contributed by atoms with E-state index in [1.165, 1.54) is 4.31 Å². The van der Waals surface area contributed by atoms with Crippen LogP contribution in [0.4, 0.5) is 0 Å². The molecule has 1 saturated heterocycles. The van der Waals surface area contributed by atoms with Crippen LogP contribution in [0, 0.1) is 12.8 Å². The highest BCUT2D eigenvalue weighted by Crippen LogP contribution is 2.23. The maximum absolute atomic E-state index is 12.7. The zero-order valence-corrected chi connectivity index (χ0v) is 14.5. The molecule has 4 nitrogen and oxygen atoms in total. The second-order valence-corrected chi connectivity index (χ2v) is 8.40. The first-order chi connectivity index (χ1) is 10.4. The molecule has 1 atom stereocenters. The van der Waals surface area contributed by atoms with Gasteiger partial charge in [0.1, 0.15) is 5.78 Å². The first-order valence-electron chi connectivity index (χ1n) is 7.33. The van der Waals surface area contributed by atoms with Crippen LogP contribution in [0.5, 0.6) is 0 Å². The Morgan fingerprint density at radius 3 is 2.64 bits per heavy atom. The third-order valence-electron chi connectivity index (χ3n) is 3.65. The van der Waals surface area contributed by atoms with Gasteiger partial charge in [-0.05, 0) is 30.2 Å². The molecular weight excluding hydrogens is 318 g/mol. The molecule has 1 heterocycles. The molecule has 0 aromatic heterocycles. The van der Waals surface area contributed by atoms with Gasteiger partial charge in [-0.2, -0.15) is 4.31 Å². The Kier molecular flexibility index (Phi) is 5.83. The summed E-state index contributed by atoms with van der Waals surface area (Å²) in [5.74, 6) is 0.708. The molecule has 1 fully saturated rings. The fourth-order valence-corrected chi connectivity index (χ4v) is 4.29. The lowest BCUT2D eigenvalue weighted by Gasteiger charge is -2.29. The van der Waals surface area contributed by atoms with Crippen LogP contribution in [0.25, 0.3) is 0 Å². The Morgan fingerprint density at radius 1 is 1.32 bits per heavy atom. The van der Waals surface area contributed by atoms with E-state index in [4.69, 9.17) is 0 Å². The molecule has 0 aliphatic carbocycles. The minimum Gasteiger partial charge on any atom is -0.299 e. The van der Waals surface area contributed by atoms with Crippen LogP contribution in [-0.4, -0.2) is 37.3 Å². The molecular formula is C16H21NO3S2. The van der Waals surface area contributed by atoms with Crippen molar-refractivity contribution in [3.63, 3.8) is 0 Å². The molecule has 1 unspecified atom stereocenters. The summed E-state index contributed by atoms with van der Waals surface area (Å²) >= 11 is 1.61. The van der Waals surface area contributed by atoms with Crippen molar-refractivity contribution in [3.8, 4) is 0 Å². The maximum Gasteiger partial charge on any atom is 0.243 e. The van der Waals surface area contributed by atoms with Crippen LogP contribution in [0.15, 0.2) is 40.6 Å². The molecule has 22 heavy (non-hydrogen) atoms. The van der Waals surface area contributed by atoms with Gasteiger partial charge in [-0.3, -0.25) is 4.79 Å².